The van der Waals surface area contributed by atoms with Crippen LogP contribution in [0.15, 0.2) is 54.7 Å². The molecule has 0 aliphatic rings. The molecule has 0 aliphatic carbocycles. The van der Waals surface area contributed by atoms with E-state index in [0.717, 1.165) is 23.0 Å². The Kier molecular flexibility index (Phi) is 5.45. The van der Waals surface area contributed by atoms with Crippen LogP contribution in [0.3, 0.4) is 0 Å². The number of nitrogen functional groups attached to an aromatic ring is 1. The predicted molar refractivity (Wildman–Crippen MR) is 91.9 cm³/mol. The summed E-state index contributed by atoms with van der Waals surface area (Å²) in [5.41, 5.74) is 6.89. The molecule has 0 atom stereocenters. The van der Waals surface area contributed by atoms with Gasteiger partial charge in [-0.15, -0.1) is 0 Å². The van der Waals surface area contributed by atoms with Gasteiger partial charge in [-0.2, -0.15) is 13.2 Å². The Balaban J connectivity index is 0.00000109. The standard InChI is InChI=1S/C17H14F3N3.H4N2/c18-17(19,20)14-3-1-2-11(8-14)10-23-7-6-12-9-13(16(21)22)4-5-15(12)23;1-2/h1-9H,10H2,(H3,21,22);1-2H2. The van der Waals surface area contributed by atoms with E-state index in [-0.39, 0.29) is 5.84 Å². The fourth-order valence-electron chi connectivity index (χ4n) is 2.55. The number of rotatable bonds is 3. The molecule has 0 radical (unpaired) electrons. The summed E-state index contributed by atoms with van der Waals surface area (Å²) in [7, 11) is 0. The Morgan fingerprint density at radius 2 is 1.76 bits per heavy atom. The normalized spacial score (nSPS) is 11.1. The van der Waals surface area contributed by atoms with E-state index < -0.39 is 11.7 Å². The van der Waals surface area contributed by atoms with Crippen LogP contribution >= 0.6 is 0 Å². The number of hydrogen-bond acceptors (Lipinski definition) is 3. The lowest BCUT2D eigenvalue weighted by atomic mass is 10.1. The topological polar surface area (TPSA) is 107 Å². The predicted octanol–water partition coefficient (Wildman–Crippen LogP) is 2.81. The first kappa shape index (κ1) is 18.5. The van der Waals surface area contributed by atoms with Crippen molar-refractivity contribution in [1.29, 1.82) is 5.41 Å². The molecule has 0 amide bonds. The van der Waals surface area contributed by atoms with E-state index >= 15 is 0 Å². The van der Waals surface area contributed by atoms with Crippen LogP contribution in [0.5, 0.6) is 0 Å². The molecule has 0 spiro atoms. The lowest BCUT2D eigenvalue weighted by Crippen LogP contribution is -2.10. The van der Waals surface area contributed by atoms with Crippen molar-refractivity contribution in [2.75, 3.05) is 0 Å². The third-order valence-electron chi connectivity index (χ3n) is 3.69. The summed E-state index contributed by atoms with van der Waals surface area (Å²) in [6.07, 6.45) is -2.53. The van der Waals surface area contributed by atoms with Gasteiger partial charge in [0.15, 0.2) is 0 Å². The SMILES string of the molecule is N=C(N)c1ccc2c(ccn2Cc2cccc(C(F)(F)F)c2)c1.NN. The fraction of sp³-hybridized carbons (Fsp3) is 0.118. The molecule has 7 N–H and O–H groups in total. The maximum Gasteiger partial charge on any atom is 0.416 e. The Morgan fingerprint density at radius 1 is 1.04 bits per heavy atom. The largest absolute Gasteiger partial charge is 0.416 e. The zero-order valence-electron chi connectivity index (χ0n) is 13.2. The number of amidine groups is 1. The van der Waals surface area contributed by atoms with Crippen LogP contribution in [-0.4, -0.2) is 10.4 Å². The van der Waals surface area contributed by atoms with E-state index in [2.05, 4.69) is 11.7 Å². The molecule has 132 valence electrons. The number of alkyl halides is 3. The number of nitrogens with two attached hydrogens (primary N) is 3. The summed E-state index contributed by atoms with van der Waals surface area (Å²) >= 11 is 0. The number of hydrogen-bond donors (Lipinski definition) is 4. The molecule has 0 saturated heterocycles. The van der Waals surface area contributed by atoms with Gasteiger partial charge in [-0.3, -0.25) is 17.1 Å². The van der Waals surface area contributed by atoms with Gasteiger partial charge in [0, 0.05) is 29.2 Å². The Morgan fingerprint density at radius 3 is 2.40 bits per heavy atom. The Labute approximate surface area is 142 Å². The van der Waals surface area contributed by atoms with Crippen molar-refractivity contribution in [1.82, 2.24) is 4.57 Å². The second kappa shape index (κ2) is 7.37. The van der Waals surface area contributed by atoms with E-state index in [1.165, 1.54) is 6.07 Å². The minimum Gasteiger partial charge on any atom is -0.384 e. The highest BCUT2D eigenvalue weighted by atomic mass is 19.4. The average molecular weight is 349 g/mol. The van der Waals surface area contributed by atoms with E-state index in [1.54, 1.807) is 18.2 Å². The second-order valence-corrected chi connectivity index (χ2v) is 5.33. The minimum absolute atomic E-state index is 0.0162. The number of aromatic nitrogens is 1. The van der Waals surface area contributed by atoms with Crippen molar-refractivity contribution < 1.29 is 13.2 Å². The van der Waals surface area contributed by atoms with Gasteiger partial charge in [-0.1, -0.05) is 12.1 Å². The smallest absolute Gasteiger partial charge is 0.384 e. The van der Waals surface area contributed by atoms with Crippen LogP contribution in [-0.2, 0) is 12.7 Å². The van der Waals surface area contributed by atoms with Crippen molar-refractivity contribution in [2.24, 2.45) is 17.4 Å². The number of nitrogens with one attached hydrogen (secondary N) is 1. The highest BCUT2D eigenvalue weighted by molar-refractivity contribution is 5.98. The summed E-state index contributed by atoms with van der Waals surface area (Å²) in [4.78, 5) is 0. The molecule has 5 nitrogen and oxygen atoms in total. The van der Waals surface area contributed by atoms with Gasteiger partial charge in [0.1, 0.15) is 5.84 Å². The highest BCUT2D eigenvalue weighted by Crippen LogP contribution is 2.30. The fourth-order valence-corrected chi connectivity index (χ4v) is 2.55. The second-order valence-electron chi connectivity index (χ2n) is 5.33. The lowest BCUT2D eigenvalue weighted by molar-refractivity contribution is -0.137. The van der Waals surface area contributed by atoms with Crippen molar-refractivity contribution in [3.05, 3.63) is 71.4 Å². The summed E-state index contributed by atoms with van der Waals surface area (Å²) in [5, 5.41) is 8.34. The molecule has 25 heavy (non-hydrogen) atoms. The van der Waals surface area contributed by atoms with Crippen LogP contribution in [0.2, 0.25) is 0 Å². The monoisotopic (exact) mass is 349 g/mol. The van der Waals surface area contributed by atoms with Crippen LogP contribution in [0.25, 0.3) is 10.9 Å². The van der Waals surface area contributed by atoms with Crippen molar-refractivity contribution in [3.8, 4) is 0 Å². The zero-order chi connectivity index (χ0) is 18.6. The van der Waals surface area contributed by atoms with Gasteiger partial charge < -0.3 is 10.3 Å². The molecule has 1 heterocycles. The quantitative estimate of drug-likeness (QED) is 0.253. The van der Waals surface area contributed by atoms with E-state index in [1.807, 2.05) is 22.9 Å². The van der Waals surface area contributed by atoms with E-state index in [4.69, 9.17) is 11.1 Å². The molecule has 8 heteroatoms. The van der Waals surface area contributed by atoms with Gasteiger partial charge in [-0.05, 0) is 42.0 Å². The van der Waals surface area contributed by atoms with Crippen molar-refractivity contribution >= 4 is 16.7 Å². The molecule has 3 aromatic rings. The molecular weight excluding hydrogens is 331 g/mol. The number of halogens is 3. The van der Waals surface area contributed by atoms with E-state index in [9.17, 15) is 13.2 Å². The maximum absolute atomic E-state index is 12.8. The van der Waals surface area contributed by atoms with Crippen LogP contribution < -0.4 is 17.4 Å². The van der Waals surface area contributed by atoms with E-state index in [0.29, 0.717) is 17.7 Å². The number of hydrazine groups is 1. The molecule has 0 saturated carbocycles. The number of fused-ring (bicyclic) bond motifs is 1. The van der Waals surface area contributed by atoms with Gasteiger partial charge in [0.2, 0.25) is 0 Å². The van der Waals surface area contributed by atoms with Gasteiger partial charge >= 0.3 is 6.18 Å². The zero-order valence-corrected chi connectivity index (χ0v) is 13.2. The van der Waals surface area contributed by atoms with Gasteiger partial charge in [-0.25, -0.2) is 0 Å². The molecule has 0 fully saturated rings. The number of benzene rings is 2. The maximum atomic E-state index is 12.8. The molecule has 1 aromatic heterocycles. The first-order valence-electron chi connectivity index (χ1n) is 7.27. The molecule has 0 unspecified atom stereocenters. The summed E-state index contributed by atoms with van der Waals surface area (Å²) < 4.78 is 40.2. The summed E-state index contributed by atoms with van der Waals surface area (Å²) in [5.74, 6) is 7.98. The first-order chi connectivity index (χ1) is 11.8. The van der Waals surface area contributed by atoms with Crippen LogP contribution in [0, 0.1) is 5.41 Å². The summed E-state index contributed by atoms with van der Waals surface area (Å²) in [6.45, 7) is 0.340. The molecule has 0 bridgehead atoms. The first-order valence-corrected chi connectivity index (χ1v) is 7.27. The molecule has 3 rings (SSSR count). The molecular formula is C17H18F3N5. The molecule has 2 aromatic carbocycles. The Hall–Kier alpha value is -2.84. The van der Waals surface area contributed by atoms with Gasteiger partial charge in [0.05, 0.1) is 5.56 Å². The third kappa shape index (κ3) is 4.17. The Bertz CT molecular complexity index is 883. The average Bonchev–Trinajstić information content (AvgIpc) is 2.98. The van der Waals surface area contributed by atoms with Crippen molar-refractivity contribution in [3.63, 3.8) is 0 Å². The lowest BCUT2D eigenvalue weighted by Gasteiger charge is -2.10. The van der Waals surface area contributed by atoms with Crippen molar-refractivity contribution in [2.45, 2.75) is 12.7 Å². The van der Waals surface area contributed by atoms with Crippen LogP contribution in [0.1, 0.15) is 16.7 Å². The summed E-state index contributed by atoms with van der Waals surface area (Å²) in [6, 6.07) is 12.5. The highest BCUT2D eigenvalue weighted by Gasteiger charge is 2.30. The van der Waals surface area contributed by atoms with Crippen LogP contribution in [0.4, 0.5) is 13.2 Å². The number of nitrogens with zero attached hydrogens (tertiary/aromatic N) is 1. The molecule has 0 aliphatic heterocycles. The van der Waals surface area contributed by atoms with Gasteiger partial charge in [0.25, 0.3) is 0 Å². The third-order valence-corrected chi connectivity index (χ3v) is 3.69. The minimum atomic E-state index is -4.34.